The van der Waals surface area contributed by atoms with Crippen LogP contribution in [0.25, 0.3) is 0 Å². The second-order valence-corrected chi connectivity index (χ2v) is 6.12. The Morgan fingerprint density at radius 3 is 2.50 bits per heavy atom. The first kappa shape index (κ1) is 15.1. The Balaban J connectivity index is 2.40. The molecule has 0 aromatic heterocycles. The van der Waals surface area contributed by atoms with Crippen LogP contribution in [0.5, 0.6) is 0 Å². The lowest BCUT2D eigenvalue weighted by Gasteiger charge is -2.17. The minimum atomic E-state index is -0.151. The van der Waals surface area contributed by atoms with Gasteiger partial charge in [-0.05, 0) is 51.6 Å². The van der Waals surface area contributed by atoms with Gasteiger partial charge in [-0.1, -0.05) is 35.5 Å². The lowest BCUT2D eigenvalue weighted by atomic mass is 10.1. The maximum absolute atomic E-state index is 14.1. The lowest BCUT2D eigenvalue weighted by molar-refractivity contribution is 0.552. The standard InChI is InChI=1S/C17H20FNS/c1-11-8-9-15(12(2)10-11)20-16-7-5-6-14(18)17(16)13(3)19-4/h5-10,13,19H,1-4H3. The minimum Gasteiger partial charge on any atom is -0.313 e. The van der Waals surface area contributed by atoms with Crippen molar-refractivity contribution in [1.82, 2.24) is 5.32 Å². The van der Waals surface area contributed by atoms with Gasteiger partial charge in [0.05, 0.1) is 0 Å². The van der Waals surface area contributed by atoms with Crippen LogP contribution in [0.15, 0.2) is 46.2 Å². The molecule has 2 aromatic carbocycles. The Morgan fingerprint density at radius 1 is 1.10 bits per heavy atom. The number of halogens is 1. The normalized spacial score (nSPS) is 12.4. The summed E-state index contributed by atoms with van der Waals surface area (Å²) >= 11 is 1.63. The van der Waals surface area contributed by atoms with Crippen molar-refractivity contribution in [3.8, 4) is 0 Å². The predicted octanol–water partition coefficient (Wildman–Crippen LogP) is 4.87. The van der Waals surface area contributed by atoms with E-state index in [1.165, 1.54) is 22.1 Å². The Morgan fingerprint density at radius 2 is 1.85 bits per heavy atom. The molecule has 0 fully saturated rings. The second-order valence-electron chi connectivity index (χ2n) is 5.03. The van der Waals surface area contributed by atoms with Crippen molar-refractivity contribution >= 4 is 11.8 Å². The van der Waals surface area contributed by atoms with E-state index in [-0.39, 0.29) is 11.9 Å². The molecule has 20 heavy (non-hydrogen) atoms. The molecule has 3 heteroatoms. The van der Waals surface area contributed by atoms with Crippen LogP contribution in [-0.4, -0.2) is 7.05 Å². The van der Waals surface area contributed by atoms with Gasteiger partial charge >= 0.3 is 0 Å². The molecule has 0 saturated heterocycles. The quantitative estimate of drug-likeness (QED) is 0.861. The number of rotatable bonds is 4. The highest BCUT2D eigenvalue weighted by Gasteiger charge is 2.15. The Hall–Kier alpha value is -1.32. The first-order valence-corrected chi connectivity index (χ1v) is 7.55. The fraction of sp³-hybridized carbons (Fsp3) is 0.294. The third kappa shape index (κ3) is 3.22. The molecule has 0 heterocycles. The largest absolute Gasteiger partial charge is 0.313 e. The average Bonchev–Trinajstić information content (AvgIpc) is 2.41. The van der Waals surface area contributed by atoms with E-state index in [0.29, 0.717) is 0 Å². The van der Waals surface area contributed by atoms with Gasteiger partial charge in [0, 0.05) is 21.4 Å². The van der Waals surface area contributed by atoms with E-state index < -0.39 is 0 Å². The summed E-state index contributed by atoms with van der Waals surface area (Å²) in [6, 6.07) is 11.6. The van der Waals surface area contributed by atoms with Gasteiger partial charge in [0.2, 0.25) is 0 Å². The highest BCUT2D eigenvalue weighted by Crippen LogP contribution is 2.36. The number of hydrogen-bond acceptors (Lipinski definition) is 2. The molecule has 0 aliphatic carbocycles. The molecule has 2 aromatic rings. The van der Waals surface area contributed by atoms with E-state index in [0.717, 1.165) is 10.5 Å². The van der Waals surface area contributed by atoms with E-state index in [1.807, 2.05) is 20.0 Å². The summed E-state index contributed by atoms with van der Waals surface area (Å²) in [7, 11) is 1.85. The van der Waals surface area contributed by atoms with Crippen molar-refractivity contribution in [2.24, 2.45) is 0 Å². The van der Waals surface area contributed by atoms with Crippen molar-refractivity contribution in [2.75, 3.05) is 7.05 Å². The zero-order chi connectivity index (χ0) is 14.7. The van der Waals surface area contributed by atoms with Crippen LogP contribution in [0, 0.1) is 19.7 Å². The van der Waals surface area contributed by atoms with E-state index in [4.69, 9.17) is 0 Å². The van der Waals surface area contributed by atoms with Gasteiger partial charge in [0.15, 0.2) is 0 Å². The molecule has 2 rings (SSSR count). The van der Waals surface area contributed by atoms with Crippen LogP contribution in [0.4, 0.5) is 4.39 Å². The maximum atomic E-state index is 14.1. The fourth-order valence-corrected chi connectivity index (χ4v) is 3.33. The first-order valence-electron chi connectivity index (χ1n) is 6.73. The summed E-state index contributed by atoms with van der Waals surface area (Å²) in [5.74, 6) is -0.151. The van der Waals surface area contributed by atoms with E-state index >= 15 is 0 Å². The zero-order valence-electron chi connectivity index (χ0n) is 12.3. The fourth-order valence-electron chi connectivity index (χ4n) is 2.20. The average molecular weight is 289 g/mol. The van der Waals surface area contributed by atoms with Crippen molar-refractivity contribution in [2.45, 2.75) is 36.6 Å². The van der Waals surface area contributed by atoms with Gasteiger partial charge in [-0.15, -0.1) is 0 Å². The lowest BCUT2D eigenvalue weighted by Crippen LogP contribution is -2.14. The van der Waals surface area contributed by atoms with Gasteiger partial charge in [-0.2, -0.15) is 0 Å². The van der Waals surface area contributed by atoms with Crippen LogP contribution < -0.4 is 5.32 Å². The van der Waals surface area contributed by atoms with Crippen LogP contribution in [0.3, 0.4) is 0 Å². The molecule has 1 nitrogen and oxygen atoms in total. The second kappa shape index (κ2) is 6.42. The number of nitrogens with one attached hydrogen (secondary N) is 1. The van der Waals surface area contributed by atoms with E-state index in [2.05, 4.69) is 37.4 Å². The maximum Gasteiger partial charge on any atom is 0.129 e. The van der Waals surface area contributed by atoms with Crippen molar-refractivity contribution in [1.29, 1.82) is 0 Å². The zero-order valence-corrected chi connectivity index (χ0v) is 13.1. The Kier molecular flexibility index (Phi) is 4.84. The Bertz CT molecular complexity index is 610. The predicted molar refractivity (Wildman–Crippen MR) is 83.9 cm³/mol. The molecule has 0 bridgehead atoms. The summed E-state index contributed by atoms with van der Waals surface area (Å²) in [4.78, 5) is 2.14. The molecule has 106 valence electrons. The molecule has 0 radical (unpaired) electrons. The van der Waals surface area contributed by atoms with Crippen molar-refractivity contribution < 1.29 is 4.39 Å². The summed E-state index contributed by atoms with van der Waals surface area (Å²) < 4.78 is 14.1. The molecule has 0 saturated carbocycles. The molecular weight excluding hydrogens is 269 g/mol. The van der Waals surface area contributed by atoms with Crippen molar-refractivity contribution in [3.63, 3.8) is 0 Å². The van der Waals surface area contributed by atoms with Gasteiger partial charge in [0.1, 0.15) is 5.82 Å². The molecule has 1 atom stereocenters. The van der Waals surface area contributed by atoms with E-state index in [1.54, 1.807) is 17.8 Å². The van der Waals surface area contributed by atoms with Crippen LogP contribution in [0.2, 0.25) is 0 Å². The Labute approximate surface area is 124 Å². The van der Waals surface area contributed by atoms with Gasteiger partial charge in [0.25, 0.3) is 0 Å². The van der Waals surface area contributed by atoms with Crippen LogP contribution >= 0.6 is 11.8 Å². The molecule has 0 aliphatic heterocycles. The molecule has 0 amide bonds. The third-order valence-corrected chi connectivity index (χ3v) is 4.68. The smallest absolute Gasteiger partial charge is 0.129 e. The highest BCUT2D eigenvalue weighted by molar-refractivity contribution is 7.99. The van der Waals surface area contributed by atoms with Crippen molar-refractivity contribution in [3.05, 3.63) is 58.9 Å². The number of hydrogen-bond donors (Lipinski definition) is 1. The number of aryl methyl sites for hydroxylation is 2. The summed E-state index contributed by atoms with van der Waals surface area (Å²) in [5.41, 5.74) is 3.21. The molecule has 0 aliphatic rings. The third-order valence-electron chi connectivity index (χ3n) is 3.43. The highest BCUT2D eigenvalue weighted by atomic mass is 32.2. The number of benzene rings is 2. The minimum absolute atomic E-state index is 0.00976. The van der Waals surface area contributed by atoms with Crippen LogP contribution in [0.1, 0.15) is 29.7 Å². The SMILES string of the molecule is CNC(C)c1c(F)cccc1Sc1ccc(C)cc1C. The summed E-state index contributed by atoms with van der Waals surface area (Å²) in [5, 5.41) is 3.12. The topological polar surface area (TPSA) is 12.0 Å². The first-order chi connectivity index (χ1) is 9.52. The molecule has 0 spiro atoms. The summed E-state index contributed by atoms with van der Waals surface area (Å²) in [6.07, 6.45) is 0. The van der Waals surface area contributed by atoms with Crippen LogP contribution in [-0.2, 0) is 0 Å². The van der Waals surface area contributed by atoms with Gasteiger partial charge in [-0.3, -0.25) is 0 Å². The van der Waals surface area contributed by atoms with Gasteiger partial charge < -0.3 is 5.32 Å². The van der Waals surface area contributed by atoms with Gasteiger partial charge in [-0.25, -0.2) is 4.39 Å². The molecule has 1 unspecified atom stereocenters. The monoisotopic (exact) mass is 289 g/mol. The summed E-state index contributed by atoms with van der Waals surface area (Å²) in [6.45, 7) is 6.15. The molecular formula is C17H20FNS. The molecule has 1 N–H and O–H groups in total. The van der Waals surface area contributed by atoms with E-state index in [9.17, 15) is 4.39 Å².